The first-order chi connectivity index (χ1) is 9.16. The van der Waals surface area contributed by atoms with Gasteiger partial charge in [0.1, 0.15) is 5.82 Å². The molecule has 0 aliphatic heterocycles. The summed E-state index contributed by atoms with van der Waals surface area (Å²) in [5.41, 5.74) is 9.35. The lowest BCUT2D eigenvalue weighted by Gasteiger charge is -2.20. The second kappa shape index (κ2) is 4.91. The van der Waals surface area contributed by atoms with Crippen LogP contribution in [0, 0.1) is 5.82 Å². The first kappa shape index (κ1) is 12.6. The van der Waals surface area contributed by atoms with Gasteiger partial charge in [-0.05, 0) is 42.2 Å². The molecule has 19 heavy (non-hydrogen) atoms. The van der Waals surface area contributed by atoms with Crippen molar-refractivity contribution in [1.82, 2.24) is 4.98 Å². The highest BCUT2D eigenvalue weighted by Crippen LogP contribution is 2.39. The Morgan fingerprint density at radius 3 is 3.00 bits per heavy atom. The number of hydrogen-bond donors (Lipinski definition) is 1. The van der Waals surface area contributed by atoms with Crippen LogP contribution >= 0.6 is 11.6 Å². The van der Waals surface area contributed by atoms with Crippen molar-refractivity contribution >= 4 is 11.6 Å². The van der Waals surface area contributed by atoms with Gasteiger partial charge in [-0.1, -0.05) is 23.7 Å². The van der Waals surface area contributed by atoms with Gasteiger partial charge in [0.15, 0.2) is 0 Å². The van der Waals surface area contributed by atoms with E-state index >= 15 is 0 Å². The van der Waals surface area contributed by atoms with E-state index in [0.717, 1.165) is 24.1 Å². The Kier molecular flexibility index (Phi) is 3.25. The summed E-state index contributed by atoms with van der Waals surface area (Å²) >= 11 is 5.70. The Balaban J connectivity index is 1.93. The predicted octanol–water partition coefficient (Wildman–Crippen LogP) is 3.60. The summed E-state index contributed by atoms with van der Waals surface area (Å²) < 4.78 is 13.5. The van der Waals surface area contributed by atoms with Gasteiger partial charge in [-0.25, -0.2) is 4.39 Å². The summed E-state index contributed by atoms with van der Waals surface area (Å²) in [6.07, 6.45) is 3.72. The topological polar surface area (TPSA) is 38.9 Å². The largest absolute Gasteiger partial charge is 0.323 e. The van der Waals surface area contributed by atoms with Crippen LogP contribution in [0.2, 0.25) is 5.02 Å². The van der Waals surface area contributed by atoms with Gasteiger partial charge in [-0.2, -0.15) is 0 Å². The number of aryl methyl sites for hydroxylation is 1. The van der Waals surface area contributed by atoms with E-state index in [9.17, 15) is 4.39 Å². The normalized spacial score (nSPS) is 19.2. The minimum atomic E-state index is -0.422. The quantitative estimate of drug-likeness (QED) is 0.910. The number of aromatic nitrogens is 1. The van der Waals surface area contributed by atoms with Crippen LogP contribution < -0.4 is 5.73 Å². The smallest absolute Gasteiger partial charge is 0.142 e. The predicted molar refractivity (Wildman–Crippen MR) is 73.6 cm³/mol. The Labute approximate surface area is 116 Å². The van der Waals surface area contributed by atoms with E-state index in [1.165, 1.54) is 11.6 Å². The van der Waals surface area contributed by atoms with Crippen LogP contribution in [-0.2, 0) is 6.42 Å². The third kappa shape index (κ3) is 2.24. The Hall–Kier alpha value is -1.45. The van der Waals surface area contributed by atoms with E-state index in [1.807, 2.05) is 6.07 Å². The van der Waals surface area contributed by atoms with E-state index in [4.69, 9.17) is 17.3 Å². The van der Waals surface area contributed by atoms with Crippen LogP contribution in [0.3, 0.4) is 0 Å². The van der Waals surface area contributed by atoms with E-state index in [2.05, 4.69) is 11.1 Å². The van der Waals surface area contributed by atoms with Crippen LogP contribution in [0.15, 0.2) is 36.5 Å². The van der Waals surface area contributed by atoms with Crippen LogP contribution in [0.4, 0.5) is 4.39 Å². The van der Waals surface area contributed by atoms with E-state index in [-0.39, 0.29) is 17.0 Å². The highest BCUT2D eigenvalue weighted by molar-refractivity contribution is 6.30. The molecule has 0 spiro atoms. The number of pyridine rings is 1. The number of benzene rings is 1. The van der Waals surface area contributed by atoms with Gasteiger partial charge in [-0.3, -0.25) is 4.98 Å². The summed E-state index contributed by atoms with van der Waals surface area (Å²) in [7, 11) is 0. The number of rotatable bonds is 2. The summed E-state index contributed by atoms with van der Waals surface area (Å²) in [6.45, 7) is 0. The molecule has 98 valence electrons. The number of halogens is 2. The molecule has 0 amide bonds. The second-order valence-electron chi connectivity index (χ2n) is 4.89. The summed E-state index contributed by atoms with van der Waals surface area (Å²) in [4.78, 5) is 4.43. The van der Waals surface area contributed by atoms with Crippen LogP contribution in [0.25, 0.3) is 0 Å². The van der Waals surface area contributed by atoms with Crippen molar-refractivity contribution in [2.75, 3.05) is 0 Å². The van der Waals surface area contributed by atoms with E-state index in [0.29, 0.717) is 0 Å². The molecule has 0 radical (unpaired) electrons. The number of hydrogen-bond acceptors (Lipinski definition) is 2. The highest BCUT2D eigenvalue weighted by atomic mass is 35.5. The van der Waals surface area contributed by atoms with Gasteiger partial charge in [0.05, 0.1) is 5.02 Å². The van der Waals surface area contributed by atoms with Gasteiger partial charge in [0, 0.05) is 23.9 Å². The molecule has 2 atom stereocenters. The lowest BCUT2D eigenvalue weighted by molar-refractivity contribution is 0.536. The van der Waals surface area contributed by atoms with Gasteiger partial charge < -0.3 is 5.73 Å². The third-order valence-electron chi connectivity index (χ3n) is 3.76. The summed E-state index contributed by atoms with van der Waals surface area (Å²) in [5.74, 6) is -0.273. The van der Waals surface area contributed by atoms with Crippen molar-refractivity contribution in [3.8, 4) is 0 Å². The molecular weight excluding hydrogens is 263 g/mol. The second-order valence-corrected chi connectivity index (χ2v) is 5.30. The fourth-order valence-electron chi connectivity index (χ4n) is 2.75. The molecular formula is C15H14ClFN2. The molecule has 2 unspecified atom stereocenters. The van der Waals surface area contributed by atoms with Crippen LogP contribution in [0.1, 0.15) is 35.2 Å². The first-order valence-electron chi connectivity index (χ1n) is 6.31. The summed E-state index contributed by atoms with van der Waals surface area (Å²) in [5, 5.41) is 0.126. The Morgan fingerprint density at radius 2 is 2.21 bits per heavy atom. The zero-order valence-electron chi connectivity index (χ0n) is 10.3. The molecule has 1 aliphatic carbocycles. The zero-order valence-corrected chi connectivity index (χ0v) is 11.1. The van der Waals surface area contributed by atoms with Crippen molar-refractivity contribution in [2.24, 2.45) is 5.73 Å². The van der Waals surface area contributed by atoms with Crippen molar-refractivity contribution in [3.05, 3.63) is 64.2 Å². The average molecular weight is 277 g/mol. The molecule has 4 heteroatoms. The maximum atomic E-state index is 13.5. The van der Waals surface area contributed by atoms with Gasteiger partial charge in [0.2, 0.25) is 0 Å². The molecule has 0 saturated heterocycles. The number of fused-ring (bicyclic) bond motifs is 1. The molecule has 1 heterocycles. The minimum Gasteiger partial charge on any atom is -0.323 e. The Morgan fingerprint density at radius 1 is 1.37 bits per heavy atom. The van der Waals surface area contributed by atoms with E-state index < -0.39 is 5.82 Å². The molecule has 2 aromatic rings. The lowest BCUT2D eigenvalue weighted by atomic mass is 9.91. The Bertz CT molecular complexity index is 615. The fraction of sp³-hybridized carbons (Fsp3) is 0.267. The van der Waals surface area contributed by atoms with E-state index in [1.54, 1.807) is 18.3 Å². The zero-order chi connectivity index (χ0) is 13.4. The maximum Gasteiger partial charge on any atom is 0.142 e. The molecule has 1 aromatic heterocycles. The first-order valence-corrected chi connectivity index (χ1v) is 6.69. The molecule has 0 saturated carbocycles. The summed E-state index contributed by atoms with van der Waals surface area (Å²) in [6, 6.07) is 8.54. The highest BCUT2D eigenvalue weighted by Gasteiger charge is 2.29. The monoisotopic (exact) mass is 276 g/mol. The molecule has 2 N–H and O–H groups in total. The molecule has 1 aliphatic rings. The number of nitrogens with zero attached hydrogens (tertiary/aromatic N) is 1. The molecule has 1 aromatic carbocycles. The minimum absolute atomic E-state index is 0.126. The van der Waals surface area contributed by atoms with Crippen molar-refractivity contribution in [2.45, 2.75) is 24.8 Å². The van der Waals surface area contributed by atoms with Gasteiger partial charge in [0.25, 0.3) is 0 Å². The van der Waals surface area contributed by atoms with Crippen LogP contribution in [-0.4, -0.2) is 4.98 Å². The average Bonchev–Trinajstić information content (AvgIpc) is 2.85. The van der Waals surface area contributed by atoms with Crippen LogP contribution in [0.5, 0.6) is 0 Å². The van der Waals surface area contributed by atoms with Gasteiger partial charge >= 0.3 is 0 Å². The maximum absolute atomic E-state index is 13.5. The molecule has 2 nitrogen and oxygen atoms in total. The third-order valence-corrected chi connectivity index (χ3v) is 4.07. The van der Waals surface area contributed by atoms with Crippen molar-refractivity contribution < 1.29 is 4.39 Å². The lowest BCUT2D eigenvalue weighted by Crippen LogP contribution is -2.19. The van der Waals surface area contributed by atoms with Crippen molar-refractivity contribution in [3.63, 3.8) is 0 Å². The molecule has 0 fully saturated rings. The standard InChI is InChI=1S/C15H14ClFN2/c16-12-6-4-10(8-13(12)17)14(18)11-5-3-9-2-1-7-19-15(9)11/h1-2,4,6-8,11,14H,3,5,18H2. The number of nitrogens with two attached hydrogens (primary N) is 1. The van der Waals surface area contributed by atoms with Crippen molar-refractivity contribution in [1.29, 1.82) is 0 Å². The molecule has 3 rings (SSSR count). The fourth-order valence-corrected chi connectivity index (χ4v) is 2.86. The van der Waals surface area contributed by atoms with Gasteiger partial charge in [-0.15, -0.1) is 0 Å². The molecule has 0 bridgehead atoms. The SMILES string of the molecule is NC(c1ccc(Cl)c(F)c1)C1CCc2cccnc21.